The minimum atomic E-state index is -0.600. The number of nitro groups is 2. The summed E-state index contributed by atoms with van der Waals surface area (Å²) in [6.07, 6.45) is 0. The predicted molar refractivity (Wildman–Crippen MR) is 79.1 cm³/mol. The molecule has 3 aromatic rings. The van der Waals surface area contributed by atoms with Gasteiger partial charge in [0.15, 0.2) is 0 Å². The summed E-state index contributed by atoms with van der Waals surface area (Å²) in [5.41, 5.74) is -0.159. The fourth-order valence-electron chi connectivity index (χ4n) is 2.29. The molecule has 0 bridgehead atoms. The lowest BCUT2D eigenvalue weighted by molar-refractivity contribution is -0.383. The highest BCUT2D eigenvalue weighted by molar-refractivity contribution is 6.34. The van der Waals surface area contributed by atoms with E-state index in [2.05, 4.69) is 4.98 Å². The third kappa shape index (κ3) is 2.07. The lowest BCUT2D eigenvalue weighted by atomic mass is 10.1. The molecular weight excluding hydrogens is 321 g/mol. The molecule has 0 atom stereocenters. The van der Waals surface area contributed by atoms with Crippen molar-refractivity contribution >= 4 is 56.4 Å². The molecule has 0 fully saturated rings. The number of non-ortho nitro benzene ring substituents is 2. The Balaban J connectivity index is 2.57. The number of rotatable bonds is 2. The van der Waals surface area contributed by atoms with Crippen LogP contribution in [-0.4, -0.2) is 14.8 Å². The van der Waals surface area contributed by atoms with Gasteiger partial charge in [0.1, 0.15) is 11.0 Å². The second-order valence-corrected chi connectivity index (χ2v) is 5.21. The van der Waals surface area contributed by atoms with Crippen molar-refractivity contribution < 1.29 is 9.85 Å². The van der Waals surface area contributed by atoms with Gasteiger partial charge in [-0.3, -0.25) is 20.2 Å². The van der Waals surface area contributed by atoms with Gasteiger partial charge in [-0.2, -0.15) is 0 Å². The van der Waals surface area contributed by atoms with E-state index in [1.807, 2.05) is 0 Å². The van der Waals surface area contributed by atoms with Crippen molar-refractivity contribution in [2.45, 2.75) is 0 Å². The highest BCUT2D eigenvalue weighted by atomic mass is 35.5. The largest absolute Gasteiger partial charge is 0.343 e. The van der Waals surface area contributed by atoms with E-state index in [4.69, 9.17) is 23.2 Å². The molecule has 0 aliphatic heterocycles. The molecule has 1 N–H and O–H groups in total. The molecule has 0 saturated heterocycles. The van der Waals surface area contributed by atoms with Crippen LogP contribution in [0.5, 0.6) is 0 Å². The van der Waals surface area contributed by atoms with Crippen molar-refractivity contribution in [2.24, 2.45) is 0 Å². The zero-order chi connectivity index (χ0) is 15.3. The number of aromatic nitrogens is 1. The molecule has 0 aliphatic carbocycles. The highest BCUT2D eigenvalue weighted by Crippen LogP contribution is 2.39. The number of aromatic amines is 1. The molecule has 0 aliphatic rings. The Labute approximate surface area is 126 Å². The van der Waals surface area contributed by atoms with Crippen LogP contribution in [0, 0.1) is 20.2 Å². The number of halogens is 2. The first kappa shape index (κ1) is 13.6. The summed E-state index contributed by atoms with van der Waals surface area (Å²) in [5.74, 6) is 0. The van der Waals surface area contributed by atoms with Gasteiger partial charge in [0.05, 0.1) is 9.85 Å². The van der Waals surface area contributed by atoms with Gasteiger partial charge in [0, 0.05) is 33.0 Å². The number of nitrogens with zero attached hydrogens (tertiary/aromatic N) is 2. The van der Waals surface area contributed by atoms with Crippen molar-refractivity contribution in [3.63, 3.8) is 0 Å². The van der Waals surface area contributed by atoms with E-state index >= 15 is 0 Å². The third-order valence-electron chi connectivity index (χ3n) is 3.10. The van der Waals surface area contributed by atoms with Crippen LogP contribution >= 0.6 is 23.2 Å². The minimum absolute atomic E-state index is 0.165. The second kappa shape index (κ2) is 4.57. The molecule has 1 aromatic heterocycles. The van der Waals surface area contributed by atoms with Crippen molar-refractivity contribution in [3.05, 3.63) is 54.5 Å². The number of benzene rings is 2. The quantitative estimate of drug-likeness (QED) is 0.555. The molecule has 1 heterocycles. The zero-order valence-corrected chi connectivity index (χ0v) is 11.6. The van der Waals surface area contributed by atoms with Gasteiger partial charge in [-0.1, -0.05) is 23.2 Å². The third-order valence-corrected chi connectivity index (χ3v) is 3.53. The van der Waals surface area contributed by atoms with Gasteiger partial charge in [0.25, 0.3) is 11.4 Å². The summed E-state index contributed by atoms with van der Waals surface area (Å²) < 4.78 is 0. The fourth-order valence-corrected chi connectivity index (χ4v) is 2.71. The highest BCUT2D eigenvalue weighted by Gasteiger charge is 2.22. The fraction of sp³-hybridized carbons (Fsp3) is 0. The minimum Gasteiger partial charge on any atom is -0.343 e. The van der Waals surface area contributed by atoms with Gasteiger partial charge in [-0.05, 0) is 12.1 Å². The van der Waals surface area contributed by atoms with Crippen molar-refractivity contribution in [2.75, 3.05) is 0 Å². The van der Waals surface area contributed by atoms with Gasteiger partial charge in [0.2, 0.25) is 0 Å². The summed E-state index contributed by atoms with van der Waals surface area (Å²) in [7, 11) is 0. The molecular formula is C12H5Cl2N3O4. The Kier molecular flexibility index (Phi) is 2.96. The van der Waals surface area contributed by atoms with Crippen molar-refractivity contribution in [1.82, 2.24) is 4.98 Å². The number of hydrogen-bond donors (Lipinski definition) is 1. The van der Waals surface area contributed by atoms with Gasteiger partial charge in [-0.25, -0.2) is 0 Å². The molecule has 0 amide bonds. The maximum Gasteiger partial charge on any atom is 0.294 e. The number of nitrogens with one attached hydrogen (secondary N) is 1. The van der Waals surface area contributed by atoms with E-state index in [1.54, 1.807) is 0 Å². The van der Waals surface area contributed by atoms with Crippen LogP contribution in [-0.2, 0) is 0 Å². The van der Waals surface area contributed by atoms with Gasteiger partial charge >= 0.3 is 0 Å². The van der Waals surface area contributed by atoms with Crippen molar-refractivity contribution in [3.8, 4) is 0 Å². The topological polar surface area (TPSA) is 102 Å². The van der Waals surface area contributed by atoms with Crippen LogP contribution < -0.4 is 0 Å². The first-order valence-corrected chi connectivity index (χ1v) is 6.37. The summed E-state index contributed by atoms with van der Waals surface area (Å²) in [6, 6.07) is 5.38. The molecule has 3 rings (SSSR count). The summed E-state index contributed by atoms with van der Waals surface area (Å²) in [4.78, 5) is 23.7. The second-order valence-electron chi connectivity index (χ2n) is 4.33. The summed E-state index contributed by atoms with van der Waals surface area (Å²) in [5, 5.41) is 23.3. The maximum absolute atomic E-state index is 11.1. The van der Waals surface area contributed by atoms with Gasteiger partial charge < -0.3 is 4.98 Å². The van der Waals surface area contributed by atoms with E-state index < -0.39 is 9.85 Å². The van der Waals surface area contributed by atoms with E-state index in [-0.39, 0.29) is 32.5 Å². The Hall–Kier alpha value is -2.38. The lowest BCUT2D eigenvalue weighted by Crippen LogP contribution is -1.90. The van der Waals surface area contributed by atoms with Crippen LogP contribution in [0.25, 0.3) is 21.8 Å². The zero-order valence-electron chi connectivity index (χ0n) is 10.1. The number of fused-ring (bicyclic) bond motifs is 3. The lowest BCUT2D eigenvalue weighted by Gasteiger charge is -1.96. The number of hydrogen-bond acceptors (Lipinski definition) is 4. The molecule has 2 aromatic carbocycles. The van der Waals surface area contributed by atoms with Crippen LogP contribution in [0.2, 0.25) is 10.0 Å². The number of nitro benzene ring substituents is 2. The Bertz CT molecular complexity index is 861. The van der Waals surface area contributed by atoms with E-state index in [0.717, 1.165) is 0 Å². The molecule has 0 saturated carbocycles. The first-order valence-electron chi connectivity index (χ1n) is 5.61. The normalized spacial score (nSPS) is 11.1. The monoisotopic (exact) mass is 325 g/mol. The van der Waals surface area contributed by atoms with Gasteiger partial charge in [-0.15, -0.1) is 0 Å². The molecule has 9 heteroatoms. The predicted octanol–water partition coefficient (Wildman–Crippen LogP) is 4.44. The summed E-state index contributed by atoms with van der Waals surface area (Å²) in [6.45, 7) is 0. The van der Waals surface area contributed by atoms with E-state index in [1.165, 1.54) is 24.3 Å². The molecule has 0 radical (unpaired) electrons. The molecule has 0 spiro atoms. The SMILES string of the molecule is O=[N+]([O-])c1cc(Cl)cc2c1[nH]c1c([N+](=O)[O-])cc(Cl)cc12. The average molecular weight is 326 g/mol. The molecule has 0 unspecified atom stereocenters. The number of H-pyrrole nitrogens is 1. The Morgan fingerprint density at radius 3 is 1.52 bits per heavy atom. The molecule has 21 heavy (non-hydrogen) atoms. The van der Waals surface area contributed by atoms with Crippen LogP contribution in [0.15, 0.2) is 24.3 Å². The van der Waals surface area contributed by atoms with Crippen molar-refractivity contribution in [1.29, 1.82) is 0 Å². The van der Waals surface area contributed by atoms with E-state index in [9.17, 15) is 20.2 Å². The smallest absolute Gasteiger partial charge is 0.294 e. The van der Waals surface area contributed by atoms with Crippen LogP contribution in [0.3, 0.4) is 0 Å². The molecule has 106 valence electrons. The van der Waals surface area contributed by atoms with Crippen LogP contribution in [0.4, 0.5) is 11.4 Å². The van der Waals surface area contributed by atoms with E-state index in [0.29, 0.717) is 10.8 Å². The Morgan fingerprint density at radius 2 is 1.19 bits per heavy atom. The standard InChI is InChI=1S/C12H5Cl2N3O4/c13-5-1-7-8-2-6(14)4-10(17(20)21)12(8)15-11(7)9(3-5)16(18)19/h1-4,15H. The summed E-state index contributed by atoms with van der Waals surface area (Å²) >= 11 is 11.8. The average Bonchev–Trinajstić information content (AvgIpc) is 2.75. The Morgan fingerprint density at radius 1 is 0.810 bits per heavy atom. The first-order chi connectivity index (χ1) is 9.88. The molecule has 7 nitrogen and oxygen atoms in total. The van der Waals surface area contributed by atoms with Crippen LogP contribution in [0.1, 0.15) is 0 Å². The maximum atomic E-state index is 11.1.